The number of carbonyl (C=O) groups excluding carboxylic acids is 2. The first kappa shape index (κ1) is 20.1. The van der Waals surface area contributed by atoms with Gasteiger partial charge in [-0.25, -0.2) is 0 Å². The van der Waals surface area contributed by atoms with Crippen LogP contribution in [0.4, 0.5) is 5.69 Å². The minimum absolute atomic E-state index is 0.211. The first-order valence-corrected chi connectivity index (χ1v) is 9.94. The highest BCUT2D eigenvalue weighted by Crippen LogP contribution is 2.24. The van der Waals surface area contributed by atoms with E-state index in [1.807, 2.05) is 60.7 Å². The Morgan fingerprint density at radius 2 is 1.58 bits per heavy atom. The molecule has 3 aromatic carbocycles. The maximum absolute atomic E-state index is 13.2. The lowest BCUT2D eigenvalue weighted by atomic mass is 10.1. The molecule has 0 aliphatic carbocycles. The molecule has 6 heteroatoms. The highest BCUT2D eigenvalue weighted by Gasteiger charge is 2.18. The molecule has 0 unspecified atom stereocenters. The molecule has 0 bridgehead atoms. The summed E-state index contributed by atoms with van der Waals surface area (Å²) in [7, 11) is 1.57. The van der Waals surface area contributed by atoms with Crippen LogP contribution in [0.25, 0.3) is 11.3 Å². The first-order valence-electron chi connectivity index (χ1n) is 9.94. The Morgan fingerprint density at radius 1 is 0.871 bits per heavy atom. The van der Waals surface area contributed by atoms with Crippen molar-refractivity contribution in [1.29, 1.82) is 0 Å². The van der Waals surface area contributed by atoms with E-state index in [2.05, 4.69) is 15.7 Å². The smallest absolute Gasteiger partial charge is 0.259 e. The number of aromatic nitrogens is 2. The third-order valence-electron chi connectivity index (χ3n) is 4.85. The van der Waals surface area contributed by atoms with Crippen molar-refractivity contribution in [2.45, 2.75) is 6.54 Å². The molecule has 0 radical (unpaired) electrons. The number of hydrogen-bond donors (Lipinski definition) is 2. The molecule has 0 aliphatic heterocycles. The summed E-state index contributed by atoms with van der Waals surface area (Å²) in [5, 5.41) is 10.2. The topological polar surface area (TPSA) is 76.0 Å². The highest BCUT2D eigenvalue weighted by atomic mass is 16.2. The summed E-state index contributed by atoms with van der Waals surface area (Å²) in [4.78, 5) is 25.1. The van der Waals surface area contributed by atoms with E-state index < -0.39 is 0 Å². The second kappa shape index (κ2) is 9.09. The van der Waals surface area contributed by atoms with E-state index in [0.29, 0.717) is 29.1 Å². The number of carbonyl (C=O) groups is 2. The zero-order valence-corrected chi connectivity index (χ0v) is 17.1. The molecule has 0 fully saturated rings. The largest absolute Gasteiger partial charge is 0.355 e. The predicted molar refractivity (Wildman–Crippen MR) is 121 cm³/mol. The lowest BCUT2D eigenvalue weighted by molar-refractivity contribution is 0.0961. The van der Waals surface area contributed by atoms with Gasteiger partial charge in [0.2, 0.25) is 0 Å². The van der Waals surface area contributed by atoms with Crippen molar-refractivity contribution in [2.75, 3.05) is 12.4 Å². The molecule has 31 heavy (non-hydrogen) atoms. The predicted octanol–water partition coefficient (Wildman–Crippen LogP) is 4.21. The molecule has 0 saturated carbocycles. The van der Waals surface area contributed by atoms with Crippen LogP contribution in [-0.2, 0) is 6.54 Å². The number of benzene rings is 3. The summed E-state index contributed by atoms with van der Waals surface area (Å²) in [6, 6.07) is 26.4. The molecule has 0 aliphatic rings. The van der Waals surface area contributed by atoms with Crippen molar-refractivity contribution in [3.8, 4) is 11.3 Å². The van der Waals surface area contributed by atoms with Crippen molar-refractivity contribution in [1.82, 2.24) is 15.1 Å². The Morgan fingerprint density at radius 3 is 2.29 bits per heavy atom. The van der Waals surface area contributed by atoms with Gasteiger partial charge >= 0.3 is 0 Å². The summed E-state index contributed by atoms with van der Waals surface area (Å²) in [6.45, 7) is 0.556. The van der Waals surface area contributed by atoms with Crippen LogP contribution in [0.15, 0.2) is 91.1 Å². The number of nitrogens with zero attached hydrogens (tertiary/aromatic N) is 2. The zero-order valence-electron chi connectivity index (χ0n) is 17.1. The van der Waals surface area contributed by atoms with Crippen LogP contribution in [0.1, 0.15) is 26.3 Å². The van der Waals surface area contributed by atoms with E-state index >= 15 is 0 Å². The Balaban J connectivity index is 1.66. The number of rotatable bonds is 6. The van der Waals surface area contributed by atoms with Crippen molar-refractivity contribution in [3.63, 3.8) is 0 Å². The van der Waals surface area contributed by atoms with Gasteiger partial charge in [0.25, 0.3) is 11.8 Å². The van der Waals surface area contributed by atoms with Gasteiger partial charge in [0.05, 0.1) is 12.1 Å². The van der Waals surface area contributed by atoms with Crippen LogP contribution in [0.5, 0.6) is 0 Å². The van der Waals surface area contributed by atoms with Crippen LogP contribution >= 0.6 is 0 Å². The molecule has 0 spiro atoms. The van der Waals surface area contributed by atoms with E-state index in [1.165, 1.54) is 0 Å². The average Bonchev–Trinajstić information content (AvgIpc) is 3.24. The van der Waals surface area contributed by atoms with Gasteiger partial charge in [-0.1, -0.05) is 66.7 Å². The summed E-state index contributed by atoms with van der Waals surface area (Å²) in [5.74, 6) is -0.496. The Hall–Kier alpha value is -4.19. The van der Waals surface area contributed by atoms with Crippen LogP contribution in [0, 0.1) is 0 Å². The number of hydrogen-bond acceptors (Lipinski definition) is 3. The zero-order chi connectivity index (χ0) is 21.6. The van der Waals surface area contributed by atoms with Crippen molar-refractivity contribution in [3.05, 3.63) is 108 Å². The van der Waals surface area contributed by atoms with E-state index in [9.17, 15) is 9.59 Å². The lowest BCUT2D eigenvalue weighted by Gasteiger charge is -2.07. The summed E-state index contributed by atoms with van der Waals surface area (Å²) in [5.41, 5.74) is 4.04. The average molecular weight is 410 g/mol. The molecule has 2 N–H and O–H groups in total. The number of nitrogens with one attached hydrogen (secondary N) is 2. The quantitative estimate of drug-likeness (QED) is 0.500. The highest BCUT2D eigenvalue weighted by molar-refractivity contribution is 6.08. The first-order chi connectivity index (χ1) is 15.1. The molecular weight excluding hydrogens is 388 g/mol. The molecule has 2 amide bonds. The van der Waals surface area contributed by atoms with Gasteiger partial charge in [0, 0.05) is 30.1 Å². The fourth-order valence-corrected chi connectivity index (χ4v) is 3.33. The maximum Gasteiger partial charge on any atom is 0.259 e. The summed E-state index contributed by atoms with van der Waals surface area (Å²) in [6.07, 6.45) is 1.76. The third-order valence-corrected chi connectivity index (χ3v) is 4.85. The van der Waals surface area contributed by atoms with E-state index in [-0.39, 0.29) is 11.8 Å². The second-order valence-corrected chi connectivity index (χ2v) is 7.05. The molecule has 0 atom stereocenters. The van der Waals surface area contributed by atoms with Crippen LogP contribution in [-0.4, -0.2) is 28.6 Å². The van der Waals surface area contributed by atoms with Crippen molar-refractivity contribution >= 4 is 17.5 Å². The molecule has 0 saturated heterocycles. The number of anilines is 1. The normalized spacial score (nSPS) is 10.5. The van der Waals surface area contributed by atoms with Gasteiger partial charge in [0.15, 0.2) is 0 Å². The molecule has 154 valence electrons. The fraction of sp³-hybridized carbons (Fsp3) is 0.0800. The Labute approximate surface area is 180 Å². The Bertz CT molecular complexity index is 1200. The SMILES string of the molecule is CNC(=O)c1cccc(NC(=O)c2cn(Cc3ccccc3)nc2-c2ccccc2)c1. The molecule has 1 aromatic heterocycles. The minimum Gasteiger partial charge on any atom is -0.355 e. The molecule has 4 aromatic rings. The molecule has 4 rings (SSSR count). The third kappa shape index (κ3) is 4.70. The second-order valence-electron chi connectivity index (χ2n) is 7.05. The summed E-state index contributed by atoms with van der Waals surface area (Å²) >= 11 is 0. The van der Waals surface area contributed by atoms with E-state index in [1.54, 1.807) is 42.2 Å². The van der Waals surface area contributed by atoms with Crippen LogP contribution in [0.2, 0.25) is 0 Å². The van der Waals surface area contributed by atoms with Gasteiger partial charge in [-0.15, -0.1) is 0 Å². The van der Waals surface area contributed by atoms with Gasteiger partial charge in [-0.3, -0.25) is 14.3 Å². The van der Waals surface area contributed by atoms with Crippen molar-refractivity contribution < 1.29 is 9.59 Å². The summed E-state index contributed by atoms with van der Waals surface area (Å²) < 4.78 is 1.77. The molecular formula is C25H22N4O2. The van der Waals surface area contributed by atoms with E-state index in [0.717, 1.165) is 11.1 Å². The lowest BCUT2D eigenvalue weighted by Crippen LogP contribution is -2.18. The monoisotopic (exact) mass is 410 g/mol. The standard InChI is InChI=1S/C25H22N4O2/c1-26-24(30)20-13-8-14-21(15-20)27-25(31)22-17-29(16-18-9-4-2-5-10-18)28-23(22)19-11-6-3-7-12-19/h2-15,17H,16H2,1H3,(H,26,30)(H,27,31). The van der Waals surface area contributed by atoms with Crippen LogP contribution in [0.3, 0.4) is 0 Å². The van der Waals surface area contributed by atoms with Crippen molar-refractivity contribution in [2.24, 2.45) is 0 Å². The van der Waals surface area contributed by atoms with Gasteiger partial charge in [0.1, 0.15) is 5.69 Å². The van der Waals surface area contributed by atoms with Crippen LogP contribution < -0.4 is 10.6 Å². The minimum atomic E-state index is -0.285. The van der Waals surface area contributed by atoms with Gasteiger partial charge in [-0.05, 0) is 23.8 Å². The molecule has 6 nitrogen and oxygen atoms in total. The Kier molecular flexibility index (Phi) is 5.89. The molecule has 1 heterocycles. The van der Waals surface area contributed by atoms with Gasteiger partial charge in [-0.2, -0.15) is 5.10 Å². The fourth-order valence-electron chi connectivity index (χ4n) is 3.33. The number of amides is 2. The van der Waals surface area contributed by atoms with E-state index in [4.69, 9.17) is 0 Å². The maximum atomic E-state index is 13.2. The van der Waals surface area contributed by atoms with Gasteiger partial charge < -0.3 is 10.6 Å².